The van der Waals surface area contributed by atoms with Gasteiger partial charge in [-0.25, -0.2) is 0 Å². The summed E-state index contributed by atoms with van der Waals surface area (Å²) in [5.74, 6) is -0.206. The zero-order chi connectivity index (χ0) is 13.3. The number of carbonyl (C=O) groups is 1. The molecule has 0 bridgehead atoms. The lowest BCUT2D eigenvalue weighted by molar-refractivity contribution is -0.148. The molecule has 1 saturated carbocycles. The highest BCUT2D eigenvalue weighted by atomic mass is 35.5. The molecular weight excluding hydrogens is 254 g/mol. The highest BCUT2D eigenvalue weighted by Gasteiger charge is 2.46. The first-order chi connectivity index (χ1) is 8.52. The number of aryl methyl sites for hydroxylation is 1. The molecule has 0 spiro atoms. The molecule has 1 N–H and O–H groups in total. The van der Waals surface area contributed by atoms with Crippen LogP contribution in [0.3, 0.4) is 0 Å². The Labute approximate surface area is 111 Å². The average molecular weight is 272 g/mol. The van der Waals surface area contributed by atoms with Gasteiger partial charge < -0.3 is 10.1 Å². The van der Waals surface area contributed by atoms with E-state index < -0.39 is 5.54 Å². The molecule has 18 heavy (non-hydrogen) atoms. The molecule has 6 heteroatoms. The van der Waals surface area contributed by atoms with Crippen molar-refractivity contribution >= 4 is 17.6 Å². The number of carbonyl (C=O) groups excluding carboxylic acids is 1. The molecule has 0 saturated heterocycles. The van der Waals surface area contributed by atoms with Gasteiger partial charge in [-0.3, -0.25) is 9.48 Å². The number of ether oxygens (including phenoxy) is 1. The van der Waals surface area contributed by atoms with E-state index in [9.17, 15) is 4.79 Å². The molecule has 1 aliphatic rings. The summed E-state index contributed by atoms with van der Waals surface area (Å²) in [6.45, 7) is 1.87. The molecular formula is C12H18ClN3O2. The lowest BCUT2D eigenvalue weighted by Crippen LogP contribution is -2.49. The Hall–Kier alpha value is -1.07. The molecule has 0 radical (unpaired) electrons. The van der Waals surface area contributed by atoms with Crippen molar-refractivity contribution in [3.63, 3.8) is 0 Å². The monoisotopic (exact) mass is 271 g/mol. The zero-order valence-electron chi connectivity index (χ0n) is 10.9. The molecule has 2 rings (SSSR count). The van der Waals surface area contributed by atoms with Gasteiger partial charge in [-0.2, -0.15) is 5.10 Å². The first-order valence-corrected chi connectivity index (χ1v) is 6.39. The maximum absolute atomic E-state index is 11.9. The number of esters is 1. The molecule has 5 nitrogen and oxygen atoms in total. The third-order valence-electron chi connectivity index (χ3n) is 3.77. The lowest BCUT2D eigenvalue weighted by Gasteiger charge is -2.25. The molecule has 1 aromatic heterocycles. The lowest BCUT2D eigenvalue weighted by atomic mass is 9.98. The minimum Gasteiger partial charge on any atom is -0.468 e. The van der Waals surface area contributed by atoms with Gasteiger partial charge in [0.05, 0.1) is 23.9 Å². The average Bonchev–Trinajstić information content (AvgIpc) is 2.94. The third kappa shape index (κ3) is 2.12. The quantitative estimate of drug-likeness (QED) is 0.851. The smallest absolute Gasteiger partial charge is 0.326 e. The second-order valence-electron chi connectivity index (χ2n) is 4.76. The highest BCUT2D eigenvalue weighted by Crippen LogP contribution is 2.38. The Morgan fingerprint density at radius 2 is 2.44 bits per heavy atom. The molecule has 0 aliphatic heterocycles. The van der Waals surface area contributed by atoms with Gasteiger partial charge in [-0.05, 0) is 33.2 Å². The highest BCUT2D eigenvalue weighted by molar-refractivity contribution is 6.31. The van der Waals surface area contributed by atoms with Crippen LogP contribution in [0.5, 0.6) is 0 Å². The van der Waals surface area contributed by atoms with Crippen LogP contribution in [0.1, 0.15) is 31.0 Å². The van der Waals surface area contributed by atoms with Crippen LogP contribution in [0.15, 0.2) is 6.20 Å². The molecule has 1 fully saturated rings. The van der Waals surface area contributed by atoms with Crippen molar-refractivity contribution in [2.45, 2.75) is 37.8 Å². The van der Waals surface area contributed by atoms with E-state index in [1.54, 1.807) is 7.05 Å². The predicted molar refractivity (Wildman–Crippen MR) is 68.7 cm³/mol. The van der Waals surface area contributed by atoms with Crippen LogP contribution in [0.2, 0.25) is 5.02 Å². The summed E-state index contributed by atoms with van der Waals surface area (Å²) in [6, 6.07) is 0.183. The minimum absolute atomic E-state index is 0.183. The van der Waals surface area contributed by atoms with Gasteiger partial charge in [0.15, 0.2) is 0 Å². The van der Waals surface area contributed by atoms with Gasteiger partial charge in [0.25, 0.3) is 0 Å². The molecule has 2 atom stereocenters. The first kappa shape index (κ1) is 13.4. The number of aromatic nitrogens is 2. The van der Waals surface area contributed by atoms with Crippen LogP contribution in [0.4, 0.5) is 0 Å². The summed E-state index contributed by atoms with van der Waals surface area (Å²) in [5, 5.41) is 8.14. The van der Waals surface area contributed by atoms with Gasteiger partial charge in [0, 0.05) is 6.20 Å². The van der Waals surface area contributed by atoms with Crippen LogP contribution in [0, 0.1) is 6.92 Å². The number of hydrogen-bond donors (Lipinski definition) is 1. The normalized spacial score (nSPS) is 27.4. The fraction of sp³-hybridized carbons (Fsp3) is 0.667. The number of halogens is 1. The third-order valence-corrected chi connectivity index (χ3v) is 4.15. The fourth-order valence-electron chi connectivity index (χ4n) is 2.60. The molecule has 100 valence electrons. The van der Waals surface area contributed by atoms with Gasteiger partial charge in [-0.1, -0.05) is 11.6 Å². The molecule has 0 amide bonds. The number of rotatable bonds is 3. The van der Waals surface area contributed by atoms with Crippen LogP contribution < -0.4 is 5.32 Å². The van der Waals surface area contributed by atoms with Crippen molar-refractivity contribution in [2.24, 2.45) is 0 Å². The Bertz CT molecular complexity index is 441. The summed E-state index contributed by atoms with van der Waals surface area (Å²) >= 11 is 6.01. The van der Waals surface area contributed by atoms with Gasteiger partial charge in [-0.15, -0.1) is 0 Å². The number of likely N-dealkylation sites (N-methyl/N-ethyl adjacent to an activating group) is 1. The van der Waals surface area contributed by atoms with Crippen LogP contribution >= 0.6 is 11.6 Å². The van der Waals surface area contributed by atoms with E-state index in [0.717, 1.165) is 18.5 Å². The van der Waals surface area contributed by atoms with E-state index in [0.29, 0.717) is 11.4 Å². The van der Waals surface area contributed by atoms with Crippen molar-refractivity contribution in [1.29, 1.82) is 0 Å². The van der Waals surface area contributed by atoms with Crippen LogP contribution in [-0.2, 0) is 9.53 Å². The Morgan fingerprint density at radius 1 is 1.72 bits per heavy atom. The zero-order valence-corrected chi connectivity index (χ0v) is 11.6. The Balaban J connectivity index is 2.18. The number of methoxy groups -OCH3 is 1. The van der Waals surface area contributed by atoms with Crippen molar-refractivity contribution < 1.29 is 9.53 Å². The summed E-state index contributed by atoms with van der Waals surface area (Å²) < 4.78 is 6.75. The van der Waals surface area contributed by atoms with Gasteiger partial charge >= 0.3 is 5.97 Å². The van der Waals surface area contributed by atoms with E-state index in [1.807, 2.05) is 17.8 Å². The van der Waals surface area contributed by atoms with Crippen molar-refractivity contribution in [1.82, 2.24) is 15.1 Å². The molecule has 1 aromatic rings. The first-order valence-electron chi connectivity index (χ1n) is 6.01. The van der Waals surface area contributed by atoms with E-state index in [1.165, 1.54) is 7.11 Å². The van der Waals surface area contributed by atoms with E-state index in [2.05, 4.69) is 10.4 Å². The van der Waals surface area contributed by atoms with Crippen LogP contribution in [-0.4, -0.2) is 35.4 Å². The van der Waals surface area contributed by atoms with E-state index in [4.69, 9.17) is 16.3 Å². The summed E-state index contributed by atoms with van der Waals surface area (Å²) in [4.78, 5) is 11.9. The van der Waals surface area contributed by atoms with Crippen molar-refractivity contribution in [3.8, 4) is 0 Å². The molecule has 1 aliphatic carbocycles. The standard InChI is InChI=1S/C12H18ClN3O2/c1-8-10(13)7-16(15-8)9-4-5-12(6-9,14-2)11(17)18-3/h7,9,14H,4-6H2,1-3H3. The second-order valence-corrected chi connectivity index (χ2v) is 5.17. The summed E-state index contributed by atoms with van der Waals surface area (Å²) in [6.07, 6.45) is 4.13. The molecule has 2 unspecified atom stereocenters. The second kappa shape index (κ2) is 4.90. The van der Waals surface area contributed by atoms with Crippen LogP contribution in [0.25, 0.3) is 0 Å². The van der Waals surface area contributed by atoms with E-state index in [-0.39, 0.29) is 12.0 Å². The SMILES string of the molecule is CNC1(C(=O)OC)CCC(n2cc(Cl)c(C)n2)C1. The number of nitrogens with zero attached hydrogens (tertiary/aromatic N) is 2. The fourth-order valence-corrected chi connectivity index (χ4v) is 2.74. The molecule has 1 heterocycles. The predicted octanol–water partition coefficient (Wildman–Crippen LogP) is 1.70. The Kier molecular flexibility index (Phi) is 3.64. The van der Waals surface area contributed by atoms with Crippen molar-refractivity contribution in [3.05, 3.63) is 16.9 Å². The van der Waals surface area contributed by atoms with Crippen molar-refractivity contribution in [2.75, 3.05) is 14.2 Å². The molecule has 0 aromatic carbocycles. The number of hydrogen-bond acceptors (Lipinski definition) is 4. The minimum atomic E-state index is -0.592. The Morgan fingerprint density at radius 3 is 2.94 bits per heavy atom. The summed E-state index contributed by atoms with van der Waals surface area (Å²) in [7, 11) is 3.21. The summed E-state index contributed by atoms with van der Waals surface area (Å²) in [5.41, 5.74) is 0.225. The van der Waals surface area contributed by atoms with E-state index >= 15 is 0 Å². The van der Waals surface area contributed by atoms with Gasteiger partial charge in [0.2, 0.25) is 0 Å². The number of nitrogens with one attached hydrogen (secondary N) is 1. The van der Waals surface area contributed by atoms with Gasteiger partial charge in [0.1, 0.15) is 5.54 Å². The maximum atomic E-state index is 11.9. The maximum Gasteiger partial charge on any atom is 0.326 e. The largest absolute Gasteiger partial charge is 0.468 e. The topological polar surface area (TPSA) is 56.1 Å².